The summed E-state index contributed by atoms with van der Waals surface area (Å²) < 4.78 is 59.7. The van der Waals surface area contributed by atoms with E-state index in [1.165, 1.54) is 0 Å². The van der Waals surface area contributed by atoms with Crippen LogP contribution in [0.2, 0.25) is 0 Å². The van der Waals surface area contributed by atoms with Crippen molar-refractivity contribution in [1.29, 1.82) is 0 Å². The second-order valence-corrected chi connectivity index (χ2v) is 6.44. The van der Waals surface area contributed by atoms with Gasteiger partial charge in [0.15, 0.2) is 15.8 Å². The molecule has 1 rings (SSSR count). The number of alkyl halides is 3. The van der Waals surface area contributed by atoms with Crippen molar-refractivity contribution in [2.24, 2.45) is 5.92 Å². The molecule has 10 heteroatoms. The largest absolute Gasteiger partial charge is 0.481 e. The van der Waals surface area contributed by atoms with Gasteiger partial charge in [0.25, 0.3) is 0 Å². The predicted molar refractivity (Wildman–Crippen MR) is 57.0 cm³/mol. The maximum absolute atomic E-state index is 12.3. The molecule has 0 saturated heterocycles. The predicted octanol–water partition coefficient (Wildman–Crippen LogP) is -0.0571. The fourth-order valence-corrected chi connectivity index (χ4v) is 2.76. The highest BCUT2D eigenvalue weighted by Gasteiger charge is 2.47. The zero-order valence-electron chi connectivity index (χ0n) is 9.61. The van der Waals surface area contributed by atoms with Gasteiger partial charge >= 0.3 is 12.1 Å². The van der Waals surface area contributed by atoms with Crippen LogP contribution in [0.5, 0.6) is 0 Å². The van der Waals surface area contributed by atoms with E-state index in [2.05, 4.69) is 5.32 Å². The number of hydrogen-bond acceptors (Lipinski definition) is 4. The van der Waals surface area contributed by atoms with E-state index >= 15 is 0 Å². The number of nitrogens with one attached hydrogen (secondary N) is 1. The average Bonchev–Trinajstić information content (AvgIpc) is 2.94. The van der Waals surface area contributed by atoms with Gasteiger partial charge in [-0.2, -0.15) is 13.2 Å². The van der Waals surface area contributed by atoms with Gasteiger partial charge in [-0.05, 0) is 12.8 Å². The van der Waals surface area contributed by atoms with Crippen molar-refractivity contribution in [2.75, 3.05) is 11.5 Å². The van der Waals surface area contributed by atoms with E-state index in [-0.39, 0.29) is 6.04 Å². The van der Waals surface area contributed by atoms with Gasteiger partial charge in [-0.1, -0.05) is 0 Å². The molecule has 0 aliphatic heterocycles. The molecule has 6 nitrogen and oxygen atoms in total. The highest BCUT2D eigenvalue weighted by atomic mass is 32.2. The van der Waals surface area contributed by atoms with Gasteiger partial charge in [-0.25, -0.2) is 8.42 Å². The summed E-state index contributed by atoms with van der Waals surface area (Å²) in [7, 11) is -4.44. The Balaban J connectivity index is 2.65. The van der Waals surface area contributed by atoms with Gasteiger partial charge in [0.05, 0.1) is 5.75 Å². The first-order chi connectivity index (χ1) is 8.51. The first-order valence-electron chi connectivity index (χ1n) is 5.30. The number of rotatable bonds is 6. The van der Waals surface area contributed by atoms with E-state index in [0.29, 0.717) is 12.8 Å². The number of amides is 1. The summed E-state index contributed by atoms with van der Waals surface area (Å²) in [5.74, 6) is -8.98. The summed E-state index contributed by atoms with van der Waals surface area (Å²) in [5, 5.41) is 10.7. The van der Waals surface area contributed by atoms with E-state index in [9.17, 15) is 31.2 Å². The average molecular weight is 303 g/mol. The first-order valence-corrected chi connectivity index (χ1v) is 7.13. The smallest absolute Gasteiger partial charge is 0.403 e. The summed E-state index contributed by atoms with van der Waals surface area (Å²) in [4.78, 5) is 21.6. The van der Waals surface area contributed by atoms with Crippen LogP contribution in [-0.2, 0) is 19.4 Å². The van der Waals surface area contributed by atoms with Gasteiger partial charge in [0, 0.05) is 6.04 Å². The second kappa shape index (κ2) is 5.35. The molecular formula is C9H12F3NO5S. The molecule has 0 aromatic rings. The molecule has 1 unspecified atom stereocenters. The SMILES string of the molecule is O=C(CS(=O)(=O)CC(C(=O)O)C(F)(F)F)NC1CC1. The van der Waals surface area contributed by atoms with Crippen molar-refractivity contribution in [3.63, 3.8) is 0 Å². The van der Waals surface area contributed by atoms with Gasteiger partial charge in [0.1, 0.15) is 5.75 Å². The Bertz CT molecular complexity index is 469. The minimum Gasteiger partial charge on any atom is -0.481 e. The van der Waals surface area contributed by atoms with Crippen LogP contribution in [0.25, 0.3) is 0 Å². The third-order valence-electron chi connectivity index (χ3n) is 2.41. The number of halogens is 3. The molecule has 0 spiro atoms. The lowest BCUT2D eigenvalue weighted by Gasteiger charge is -2.15. The quantitative estimate of drug-likeness (QED) is 0.716. The van der Waals surface area contributed by atoms with Crippen molar-refractivity contribution in [1.82, 2.24) is 5.32 Å². The molecule has 1 aliphatic carbocycles. The fourth-order valence-electron chi connectivity index (χ4n) is 1.32. The molecule has 1 saturated carbocycles. The minimum absolute atomic E-state index is 0.124. The topological polar surface area (TPSA) is 101 Å². The fraction of sp³-hybridized carbons (Fsp3) is 0.778. The lowest BCUT2D eigenvalue weighted by atomic mass is 10.2. The zero-order chi connectivity index (χ0) is 14.8. The molecule has 1 amide bonds. The molecule has 2 N–H and O–H groups in total. The molecule has 1 fully saturated rings. The maximum atomic E-state index is 12.3. The first kappa shape index (κ1) is 15.7. The summed E-state index contributed by atoms with van der Waals surface area (Å²) in [5.41, 5.74) is 0. The second-order valence-electron chi connectivity index (χ2n) is 4.33. The number of carbonyl (C=O) groups excluding carboxylic acids is 1. The van der Waals surface area contributed by atoms with Gasteiger partial charge < -0.3 is 10.4 Å². The van der Waals surface area contributed by atoms with Crippen LogP contribution in [0.3, 0.4) is 0 Å². The summed E-state index contributed by atoms with van der Waals surface area (Å²) in [6, 6.07) is -0.124. The van der Waals surface area contributed by atoms with Crippen LogP contribution >= 0.6 is 0 Å². The molecular weight excluding hydrogens is 291 g/mol. The number of aliphatic carboxylic acids is 1. The van der Waals surface area contributed by atoms with Crippen molar-refractivity contribution >= 4 is 21.7 Å². The number of sulfone groups is 1. The lowest BCUT2D eigenvalue weighted by Crippen LogP contribution is -2.40. The molecule has 0 heterocycles. The number of carboxylic acid groups (broad SMARTS) is 1. The van der Waals surface area contributed by atoms with E-state index in [0.717, 1.165) is 0 Å². The van der Waals surface area contributed by atoms with E-state index < -0.39 is 45.3 Å². The molecule has 110 valence electrons. The lowest BCUT2D eigenvalue weighted by molar-refractivity contribution is -0.189. The third kappa shape index (κ3) is 5.45. The standard InChI is InChI=1S/C9H12F3NO5S/c10-9(11,12)6(8(15)16)3-19(17,18)4-7(14)13-5-1-2-5/h5-6H,1-4H2,(H,13,14)(H,15,16). The normalized spacial score (nSPS) is 17.8. The molecule has 1 aliphatic rings. The van der Waals surface area contributed by atoms with Crippen molar-refractivity contribution in [3.05, 3.63) is 0 Å². The Morgan fingerprint density at radius 1 is 1.32 bits per heavy atom. The molecule has 1 atom stereocenters. The Morgan fingerprint density at radius 3 is 2.21 bits per heavy atom. The van der Waals surface area contributed by atoms with Crippen LogP contribution in [0, 0.1) is 5.92 Å². The van der Waals surface area contributed by atoms with E-state index in [1.807, 2.05) is 0 Å². The highest BCUT2D eigenvalue weighted by Crippen LogP contribution is 2.28. The summed E-state index contributed by atoms with van der Waals surface area (Å²) in [6.45, 7) is 0. The monoisotopic (exact) mass is 303 g/mol. The summed E-state index contributed by atoms with van der Waals surface area (Å²) in [6.07, 6.45) is -3.77. The molecule has 0 bridgehead atoms. The van der Waals surface area contributed by atoms with Crippen LogP contribution in [-0.4, -0.2) is 49.1 Å². The van der Waals surface area contributed by atoms with Crippen LogP contribution < -0.4 is 5.32 Å². The van der Waals surface area contributed by atoms with Crippen molar-refractivity contribution in [3.8, 4) is 0 Å². The van der Waals surface area contributed by atoms with Crippen molar-refractivity contribution < 1.29 is 36.3 Å². The van der Waals surface area contributed by atoms with E-state index in [4.69, 9.17) is 5.11 Å². The number of hydrogen-bond donors (Lipinski definition) is 2. The van der Waals surface area contributed by atoms with Crippen LogP contribution in [0.15, 0.2) is 0 Å². The maximum Gasteiger partial charge on any atom is 0.403 e. The summed E-state index contributed by atoms with van der Waals surface area (Å²) >= 11 is 0. The van der Waals surface area contributed by atoms with Gasteiger partial charge in [0.2, 0.25) is 5.91 Å². The Labute approximate surface area is 106 Å². The Morgan fingerprint density at radius 2 is 1.84 bits per heavy atom. The Hall–Kier alpha value is -1.32. The molecule has 0 aromatic carbocycles. The number of carbonyl (C=O) groups is 2. The van der Waals surface area contributed by atoms with E-state index in [1.54, 1.807) is 0 Å². The molecule has 0 aromatic heterocycles. The van der Waals surface area contributed by atoms with Crippen LogP contribution in [0.1, 0.15) is 12.8 Å². The Kier molecular flexibility index (Phi) is 4.43. The zero-order valence-corrected chi connectivity index (χ0v) is 10.4. The minimum atomic E-state index is -5.17. The third-order valence-corrected chi connectivity index (χ3v) is 3.95. The van der Waals surface area contributed by atoms with Gasteiger partial charge in [-0.15, -0.1) is 0 Å². The molecule has 0 radical (unpaired) electrons. The molecule has 19 heavy (non-hydrogen) atoms. The van der Waals surface area contributed by atoms with Crippen molar-refractivity contribution in [2.45, 2.75) is 25.1 Å². The van der Waals surface area contributed by atoms with Gasteiger partial charge in [-0.3, -0.25) is 9.59 Å². The van der Waals surface area contributed by atoms with Crippen LogP contribution in [0.4, 0.5) is 13.2 Å². The number of carboxylic acids is 1. The highest BCUT2D eigenvalue weighted by molar-refractivity contribution is 7.92.